The van der Waals surface area contributed by atoms with Crippen molar-refractivity contribution >= 4 is 44.9 Å². The molecule has 0 saturated heterocycles. The Morgan fingerprint density at radius 1 is 1.12 bits per heavy atom. The summed E-state index contributed by atoms with van der Waals surface area (Å²) < 4.78 is 5.38. The van der Waals surface area contributed by atoms with Crippen LogP contribution in [0.2, 0.25) is 5.28 Å². The molecule has 0 aliphatic heterocycles. The van der Waals surface area contributed by atoms with E-state index in [1.165, 1.54) is 11.3 Å². The Kier molecular flexibility index (Phi) is 6.86. The largest absolute Gasteiger partial charge is 0.459 e. The van der Waals surface area contributed by atoms with Gasteiger partial charge < -0.3 is 9.64 Å². The van der Waals surface area contributed by atoms with Crippen LogP contribution in [0.4, 0.5) is 5.82 Å². The van der Waals surface area contributed by atoms with E-state index in [-0.39, 0.29) is 17.4 Å². The number of aromatic nitrogens is 2. The number of hydrogen-bond donors (Lipinski definition) is 0. The number of fused-ring (bicyclic) bond motifs is 1. The molecule has 0 aliphatic rings. The van der Waals surface area contributed by atoms with E-state index >= 15 is 0 Å². The third kappa shape index (κ3) is 4.86. The van der Waals surface area contributed by atoms with E-state index in [1.807, 2.05) is 20.8 Å². The van der Waals surface area contributed by atoms with Crippen molar-refractivity contribution in [2.75, 3.05) is 18.0 Å². The lowest BCUT2D eigenvalue weighted by atomic mass is 10.1. The van der Waals surface area contributed by atoms with Gasteiger partial charge in [-0.15, -0.1) is 11.3 Å². The first-order valence-electron chi connectivity index (χ1n) is 9.02. The van der Waals surface area contributed by atoms with E-state index in [0.717, 1.165) is 34.7 Å². The summed E-state index contributed by atoms with van der Waals surface area (Å²) in [6.45, 7) is 16.1. The summed E-state index contributed by atoms with van der Waals surface area (Å²) in [6, 6.07) is 0. The number of rotatable bonds is 7. The molecule has 2 aromatic heterocycles. The van der Waals surface area contributed by atoms with Gasteiger partial charge in [-0.05, 0) is 49.8 Å². The maximum absolute atomic E-state index is 12.5. The van der Waals surface area contributed by atoms with Crippen LogP contribution < -0.4 is 4.90 Å². The third-order valence-electron chi connectivity index (χ3n) is 3.74. The summed E-state index contributed by atoms with van der Waals surface area (Å²) in [6.07, 6.45) is -0.167. The smallest absolute Gasteiger partial charge is 0.348 e. The zero-order valence-electron chi connectivity index (χ0n) is 16.6. The molecule has 0 unspecified atom stereocenters. The minimum atomic E-state index is -0.318. The lowest BCUT2D eigenvalue weighted by Crippen LogP contribution is -2.32. The highest BCUT2D eigenvalue weighted by molar-refractivity contribution is 7.20. The monoisotopic (exact) mass is 397 g/mol. The average molecular weight is 398 g/mol. The number of aryl methyl sites for hydroxylation is 1. The predicted molar refractivity (Wildman–Crippen MR) is 110 cm³/mol. The van der Waals surface area contributed by atoms with E-state index in [1.54, 1.807) is 0 Å². The van der Waals surface area contributed by atoms with Gasteiger partial charge in [-0.2, -0.15) is 4.98 Å². The molecule has 144 valence electrons. The second kappa shape index (κ2) is 8.53. The number of halogens is 1. The van der Waals surface area contributed by atoms with Gasteiger partial charge in [0, 0.05) is 13.1 Å². The van der Waals surface area contributed by atoms with Gasteiger partial charge in [0.05, 0.1) is 11.5 Å². The van der Waals surface area contributed by atoms with Crippen LogP contribution in [-0.4, -0.2) is 35.1 Å². The minimum absolute atomic E-state index is 0.167. The van der Waals surface area contributed by atoms with Crippen molar-refractivity contribution in [3.8, 4) is 0 Å². The summed E-state index contributed by atoms with van der Waals surface area (Å²) in [5.41, 5.74) is 0.861. The number of thiophene rings is 1. The molecule has 5 nitrogen and oxygen atoms in total. The fraction of sp³-hybridized carbons (Fsp3) is 0.632. The molecule has 0 radical (unpaired) electrons. The van der Waals surface area contributed by atoms with Gasteiger partial charge in [0.2, 0.25) is 5.28 Å². The Morgan fingerprint density at radius 2 is 1.69 bits per heavy atom. The van der Waals surface area contributed by atoms with Gasteiger partial charge in [0.15, 0.2) is 0 Å². The molecule has 0 spiro atoms. The molecular formula is C19H28ClN3O2S. The number of hydrogen-bond acceptors (Lipinski definition) is 6. The van der Waals surface area contributed by atoms with Crippen molar-refractivity contribution < 1.29 is 9.53 Å². The van der Waals surface area contributed by atoms with E-state index in [9.17, 15) is 4.79 Å². The minimum Gasteiger partial charge on any atom is -0.459 e. The molecular weight excluding hydrogens is 370 g/mol. The van der Waals surface area contributed by atoms with E-state index in [2.05, 4.69) is 42.6 Å². The number of ether oxygens (including phenoxy) is 1. The molecule has 0 aliphatic carbocycles. The van der Waals surface area contributed by atoms with Crippen LogP contribution in [0.1, 0.15) is 56.8 Å². The Balaban J connectivity index is 2.61. The molecule has 0 bridgehead atoms. The number of carbonyl (C=O) groups is 1. The highest BCUT2D eigenvalue weighted by atomic mass is 35.5. The normalized spacial score (nSPS) is 11.8. The number of carbonyl (C=O) groups excluding carboxylic acids is 1. The van der Waals surface area contributed by atoms with Crippen LogP contribution >= 0.6 is 22.9 Å². The Bertz CT molecular complexity index is 777. The summed E-state index contributed by atoms with van der Waals surface area (Å²) in [5.74, 6) is 1.44. The first kappa shape index (κ1) is 20.9. The molecule has 2 aromatic rings. The third-order valence-corrected chi connectivity index (χ3v) is 5.08. The van der Waals surface area contributed by atoms with Crippen molar-refractivity contribution in [3.63, 3.8) is 0 Å². The average Bonchev–Trinajstić information content (AvgIpc) is 2.81. The quantitative estimate of drug-likeness (QED) is 0.466. The van der Waals surface area contributed by atoms with Crippen LogP contribution in [0.5, 0.6) is 0 Å². The zero-order valence-corrected chi connectivity index (χ0v) is 18.2. The second-order valence-corrected chi connectivity index (χ2v) is 9.04. The molecule has 0 atom stereocenters. The molecule has 0 N–H and O–H groups in total. The fourth-order valence-corrected chi connectivity index (χ4v) is 4.19. The van der Waals surface area contributed by atoms with Crippen molar-refractivity contribution in [1.29, 1.82) is 0 Å². The van der Waals surface area contributed by atoms with Gasteiger partial charge in [-0.3, -0.25) is 0 Å². The van der Waals surface area contributed by atoms with Gasteiger partial charge in [0.1, 0.15) is 15.5 Å². The molecule has 2 heterocycles. The van der Waals surface area contributed by atoms with Gasteiger partial charge in [-0.25, -0.2) is 9.78 Å². The Hall–Kier alpha value is -1.40. The second-order valence-electron chi connectivity index (χ2n) is 7.70. The van der Waals surface area contributed by atoms with E-state index in [0.29, 0.717) is 16.7 Å². The highest BCUT2D eigenvalue weighted by Gasteiger charge is 2.25. The maximum Gasteiger partial charge on any atom is 0.348 e. The summed E-state index contributed by atoms with van der Waals surface area (Å²) in [7, 11) is 0. The summed E-state index contributed by atoms with van der Waals surface area (Å²) in [4.78, 5) is 24.9. The van der Waals surface area contributed by atoms with E-state index in [4.69, 9.17) is 16.3 Å². The first-order chi connectivity index (χ1) is 12.1. The maximum atomic E-state index is 12.5. The SMILES string of the molecule is Cc1c(C(=O)OC(C)C)sc2nc(Cl)nc(N(CC(C)C)CC(C)C)c12. The topological polar surface area (TPSA) is 55.3 Å². The van der Waals surface area contributed by atoms with Crippen LogP contribution in [0.3, 0.4) is 0 Å². The van der Waals surface area contributed by atoms with Gasteiger partial charge >= 0.3 is 5.97 Å². The molecule has 0 fully saturated rings. The molecule has 0 amide bonds. The number of nitrogens with zero attached hydrogens (tertiary/aromatic N) is 3. The van der Waals surface area contributed by atoms with Crippen molar-refractivity contribution in [3.05, 3.63) is 15.7 Å². The van der Waals surface area contributed by atoms with Crippen LogP contribution in [-0.2, 0) is 4.74 Å². The number of anilines is 1. The summed E-state index contributed by atoms with van der Waals surface area (Å²) >= 11 is 7.53. The lowest BCUT2D eigenvalue weighted by molar-refractivity contribution is 0.0383. The van der Waals surface area contributed by atoms with Crippen LogP contribution in [0.15, 0.2) is 0 Å². The van der Waals surface area contributed by atoms with Gasteiger partial charge in [0.25, 0.3) is 0 Å². The number of esters is 1. The van der Waals surface area contributed by atoms with Crippen molar-refractivity contribution in [1.82, 2.24) is 9.97 Å². The lowest BCUT2D eigenvalue weighted by Gasteiger charge is -2.28. The predicted octanol–water partition coefficient (Wildman–Crippen LogP) is 5.34. The fourth-order valence-electron chi connectivity index (χ4n) is 2.91. The van der Waals surface area contributed by atoms with Crippen LogP contribution in [0, 0.1) is 18.8 Å². The van der Waals surface area contributed by atoms with E-state index < -0.39 is 0 Å². The molecule has 26 heavy (non-hydrogen) atoms. The van der Waals surface area contributed by atoms with Crippen LogP contribution in [0.25, 0.3) is 10.2 Å². The standard InChI is InChI=1S/C19H28ClN3O2S/c1-10(2)8-23(9-11(3)4)16-14-13(7)15(18(24)25-12(5)6)26-17(14)22-19(20)21-16/h10-12H,8-9H2,1-7H3. The summed E-state index contributed by atoms with van der Waals surface area (Å²) in [5, 5.41) is 1.10. The van der Waals surface area contributed by atoms with Crippen molar-refractivity contribution in [2.24, 2.45) is 11.8 Å². The molecule has 0 saturated carbocycles. The van der Waals surface area contributed by atoms with Gasteiger partial charge in [-0.1, -0.05) is 27.7 Å². The Morgan fingerprint density at radius 3 is 2.19 bits per heavy atom. The molecule has 7 heteroatoms. The Labute approximate surface area is 164 Å². The zero-order chi connectivity index (χ0) is 19.6. The van der Waals surface area contributed by atoms with Crippen molar-refractivity contribution in [2.45, 2.75) is 54.6 Å². The molecule has 2 rings (SSSR count). The molecule has 0 aromatic carbocycles. The highest BCUT2D eigenvalue weighted by Crippen LogP contribution is 2.37. The first-order valence-corrected chi connectivity index (χ1v) is 10.2.